The van der Waals surface area contributed by atoms with Crippen LogP contribution in [0.15, 0.2) is 18.3 Å². The molecule has 0 spiro atoms. The zero-order valence-corrected chi connectivity index (χ0v) is 8.93. The zero-order chi connectivity index (χ0) is 11.9. The summed E-state index contributed by atoms with van der Waals surface area (Å²) >= 11 is 5.74. The predicted molar refractivity (Wildman–Crippen MR) is 57.7 cm³/mol. The lowest BCUT2D eigenvalue weighted by Crippen LogP contribution is -2.06. The van der Waals surface area contributed by atoms with Crippen LogP contribution in [-0.2, 0) is 0 Å². The molecule has 2 rings (SSSR count). The van der Waals surface area contributed by atoms with E-state index in [1.54, 1.807) is 0 Å². The number of aromatic nitrogens is 2. The highest BCUT2D eigenvalue weighted by molar-refractivity contribution is 6.33. The fourth-order valence-electron chi connectivity index (χ4n) is 1.43. The largest absolute Gasteiger partial charge is 0.288 e. The van der Waals surface area contributed by atoms with Gasteiger partial charge in [-0.25, -0.2) is 4.68 Å². The fourth-order valence-corrected chi connectivity index (χ4v) is 1.65. The molecule has 0 N–H and O–H groups in total. The maximum absolute atomic E-state index is 11.2. The summed E-state index contributed by atoms with van der Waals surface area (Å²) in [5.41, 5.74) is 0.264. The third-order valence-electron chi connectivity index (χ3n) is 2.13. The first-order chi connectivity index (χ1) is 7.50. The average molecular weight is 240 g/mol. The van der Waals surface area contributed by atoms with Crippen LogP contribution in [0.2, 0.25) is 5.02 Å². The molecule has 0 aliphatic rings. The van der Waals surface area contributed by atoms with Crippen molar-refractivity contribution in [1.82, 2.24) is 9.78 Å². The monoisotopic (exact) mass is 239 g/mol. The number of hydrogen-bond acceptors (Lipinski definition) is 4. The van der Waals surface area contributed by atoms with Crippen molar-refractivity contribution in [2.24, 2.45) is 0 Å². The van der Waals surface area contributed by atoms with Crippen molar-refractivity contribution in [2.45, 2.75) is 6.92 Å². The van der Waals surface area contributed by atoms with Crippen LogP contribution in [0.1, 0.15) is 11.7 Å². The zero-order valence-electron chi connectivity index (χ0n) is 8.18. The van der Waals surface area contributed by atoms with Crippen LogP contribution in [0.4, 0.5) is 5.69 Å². The number of nitrogens with zero attached hydrogens (tertiary/aromatic N) is 3. The van der Waals surface area contributed by atoms with Gasteiger partial charge in [-0.05, 0) is 6.07 Å². The van der Waals surface area contributed by atoms with Gasteiger partial charge in [-0.3, -0.25) is 14.9 Å². The minimum atomic E-state index is -0.577. The summed E-state index contributed by atoms with van der Waals surface area (Å²) in [6, 6.07) is 2.66. The van der Waals surface area contributed by atoms with Crippen LogP contribution >= 0.6 is 11.6 Å². The number of nitro groups is 1. The molecule has 16 heavy (non-hydrogen) atoms. The Kier molecular flexibility index (Phi) is 2.35. The summed E-state index contributed by atoms with van der Waals surface area (Å²) in [6.07, 6.45) is 1.39. The maximum Gasteiger partial charge on any atom is 0.288 e. The second kappa shape index (κ2) is 3.57. The van der Waals surface area contributed by atoms with E-state index in [0.717, 1.165) is 4.68 Å². The molecule has 0 aliphatic heterocycles. The highest BCUT2D eigenvalue weighted by Gasteiger charge is 2.16. The molecule has 0 unspecified atom stereocenters. The lowest BCUT2D eigenvalue weighted by atomic mass is 10.2. The quantitative estimate of drug-likeness (QED) is 0.565. The van der Waals surface area contributed by atoms with E-state index in [2.05, 4.69) is 5.10 Å². The Morgan fingerprint density at radius 3 is 2.81 bits per heavy atom. The number of carbonyl (C=O) groups excluding carboxylic acids is 1. The number of hydrogen-bond donors (Lipinski definition) is 0. The molecule has 6 nitrogen and oxygen atoms in total. The predicted octanol–water partition coefficient (Wildman–Crippen LogP) is 2.26. The standard InChI is InChI=1S/C9H6ClN3O3/c1-5(14)12-8-3-7(10)9(13(15)16)2-6(8)4-11-12/h2-4H,1H3. The van der Waals surface area contributed by atoms with Crippen LogP contribution in [-0.4, -0.2) is 20.6 Å². The van der Waals surface area contributed by atoms with Crippen molar-refractivity contribution in [1.29, 1.82) is 0 Å². The van der Waals surface area contributed by atoms with Gasteiger partial charge < -0.3 is 0 Å². The van der Waals surface area contributed by atoms with Crippen LogP contribution in [0.3, 0.4) is 0 Å². The molecule has 1 aromatic carbocycles. The molecule has 1 aromatic heterocycles. The van der Waals surface area contributed by atoms with Crippen LogP contribution < -0.4 is 0 Å². The summed E-state index contributed by atoms with van der Waals surface area (Å²) in [5.74, 6) is -0.278. The molecule has 0 amide bonds. The van der Waals surface area contributed by atoms with E-state index in [0.29, 0.717) is 10.9 Å². The van der Waals surface area contributed by atoms with E-state index in [9.17, 15) is 14.9 Å². The summed E-state index contributed by atoms with van der Waals surface area (Å²) in [4.78, 5) is 21.2. The molecule has 1 heterocycles. The third kappa shape index (κ3) is 1.53. The van der Waals surface area contributed by atoms with Gasteiger partial charge in [-0.2, -0.15) is 5.10 Å². The molecule has 82 valence electrons. The molecule has 0 saturated heterocycles. The first-order valence-corrected chi connectivity index (χ1v) is 4.71. The van der Waals surface area contributed by atoms with Crippen molar-refractivity contribution in [3.63, 3.8) is 0 Å². The summed E-state index contributed by atoms with van der Waals surface area (Å²) in [5, 5.41) is 14.9. The molecular weight excluding hydrogens is 234 g/mol. The van der Waals surface area contributed by atoms with Crippen molar-refractivity contribution >= 4 is 34.1 Å². The van der Waals surface area contributed by atoms with Gasteiger partial charge in [-0.1, -0.05) is 11.6 Å². The number of carbonyl (C=O) groups is 1. The van der Waals surface area contributed by atoms with E-state index in [4.69, 9.17) is 11.6 Å². The minimum absolute atomic E-state index is 0.0134. The second-order valence-corrected chi connectivity index (χ2v) is 3.60. The molecule has 0 atom stereocenters. The molecular formula is C9H6ClN3O3. The van der Waals surface area contributed by atoms with E-state index in [1.165, 1.54) is 25.3 Å². The Labute approximate surface area is 94.6 Å². The number of fused-ring (bicyclic) bond motifs is 1. The Hall–Kier alpha value is -1.95. The van der Waals surface area contributed by atoms with Gasteiger partial charge in [0.05, 0.1) is 16.6 Å². The Balaban J connectivity index is 2.76. The van der Waals surface area contributed by atoms with Crippen LogP contribution in [0.5, 0.6) is 0 Å². The van der Waals surface area contributed by atoms with Crippen molar-refractivity contribution in [2.75, 3.05) is 0 Å². The SMILES string of the molecule is CC(=O)n1ncc2cc([N+](=O)[O-])c(Cl)cc21. The average Bonchev–Trinajstić information content (AvgIpc) is 2.58. The molecule has 2 aromatic rings. The first kappa shape index (κ1) is 10.6. The second-order valence-electron chi connectivity index (χ2n) is 3.19. The molecule has 0 saturated carbocycles. The molecule has 0 radical (unpaired) electrons. The van der Waals surface area contributed by atoms with Crippen LogP contribution in [0, 0.1) is 10.1 Å². The van der Waals surface area contributed by atoms with Crippen LogP contribution in [0.25, 0.3) is 10.9 Å². The highest BCUT2D eigenvalue weighted by Crippen LogP contribution is 2.29. The van der Waals surface area contributed by atoms with Crippen molar-refractivity contribution in [3.05, 3.63) is 33.5 Å². The molecule has 0 fully saturated rings. The minimum Gasteiger partial charge on any atom is -0.273 e. The first-order valence-electron chi connectivity index (χ1n) is 4.33. The Morgan fingerprint density at radius 1 is 1.56 bits per heavy atom. The van der Waals surface area contributed by atoms with Gasteiger partial charge in [0.15, 0.2) is 0 Å². The van der Waals surface area contributed by atoms with E-state index in [-0.39, 0.29) is 16.6 Å². The van der Waals surface area contributed by atoms with Gasteiger partial charge >= 0.3 is 0 Å². The summed E-state index contributed by atoms with van der Waals surface area (Å²) in [7, 11) is 0. The van der Waals surface area contributed by atoms with Gasteiger partial charge in [0.1, 0.15) is 5.02 Å². The number of rotatable bonds is 1. The number of halogens is 1. The van der Waals surface area contributed by atoms with Gasteiger partial charge in [0, 0.05) is 18.4 Å². The molecule has 0 bridgehead atoms. The fraction of sp³-hybridized carbons (Fsp3) is 0.111. The molecule has 7 heteroatoms. The Morgan fingerprint density at radius 2 is 2.25 bits per heavy atom. The smallest absolute Gasteiger partial charge is 0.273 e. The van der Waals surface area contributed by atoms with Gasteiger partial charge in [0.25, 0.3) is 5.69 Å². The Bertz CT molecular complexity index is 605. The van der Waals surface area contributed by atoms with E-state index < -0.39 is 4.92 Å². The van der Waals surface area contributed by atoms with Crippen molar-refractivity contribution < 1.29 is 9.72 Å². The number of benzene rings is 1. The van der Waals surface area contributed by atoms with E-state index in [1.807, 2.05) is 0 Å². The van der Waals surface area contributed by atoms with Gasteiger partial charge in [0.2, 0.25) is 5.91 Å². The van der Waals surface area contributed by atoms with E-state index >= 15 is 0 Å². The summed E-state index contributed by atoms with van der Waals surface area (Å²) < 4.78 is 1.14. The topological polar surface area (TPSA) is 78.0 Å². The maximum atomic E-state index is 11.2. The third-order valence-corrected chi connectivity index (χ3v) is 2.43. The highest BCUT2D eigenvalue weighted by atomic mass is 35.5. The lowest BCUT2D eigenvalue weighted by Gasteiger charge is -1.98. The normalized spacial score (nSPS) is 10.6. The van der Waals surface area contributed by atoms with Gasteiger partial charge in [-0.15, -0.1) is 0 Å². The molecule has 0 aliphatic carbocycles. The lowest BCUT2D eigenvalue weighted by molar-refractivity contribution is -0.384. The summed E-state index contributed by atoms with van der Waals surface area (Å²) in [6.45, 7) is 1.35. The number of nitro benzene ring substituents is 1. The van der Waals surface area contributed by atoms with Crippen molar-refractivity contribution in [3.8, 4) is 0 Å².